The van der Waals surface area contributed by atoms with Crippen LogP contribution in [-0.4, -0.2) is 41.4 Å². The number of rotatable bonds is 8. The number of carbonyl (C=O) groups excluding carboxylic acids is 2. The molecule has 7 nitrogen and oxygen atoms in total. The van der Waals surface area contributed by atoms with Crippen molar-refractivity contribution in [3.63, 3.8) is 0 Å². The fraction of sp³-hybridized carbons (Fsp3) is 0.353. The van der Waals surface area contributed by atoms with Crippen LogP contribution in [0.4, 0.5) is 0 Å². The van der Waals surface area contributed by atoms with E-state index in [-0.39, 0.29) is 30.7 Å². The monoisotopic (exact) mass is 365 g/mol. The van der Waals surface area contributed by atoms with Crippen LogP contribution in [0.15, 0.2) is 34.9 Å². The van der Waals surface area contributed by atoms with Gasteiger partial charge in [-0.05, 0) is 38.1 Å². The standard InChI is InChI=1S/C17H20ClN3O4/c1-3-19-17(23)14-10-25-15(20-14)9-21(4-2)16(22)11-24-13-7-5-12(18)6-8-13/h5-8,10H,3-4,9,11H2,1-2H3,(H,19,23). The molecule has 0 fully saturated rings. The van der Waals surface area contributed by atoms with Gasteiger partial charge in [-0.3, -0.25) is 9.59 Å². The molecule has 0 saturated heterocycles. The molecule has 0 radical (unpaired) electrons. The van der Waals surface area contributed by atoms with Crippen molar-refractivity contribution in [2.75, 3.05) is 19.7 Å². The van der Waals surface area contributed by atoms with E-state index in [0.29, 0.717) is 29.8 Å². The van der Waals surface area contributed by atoms with Crippen LogP contribution >= 0.6 is 11.6 Å². The van der Waals surface area contributed by atoms with E-state index in [4.69, 9.17) is 20.8 Å². The number of oxazole rings is 1. The number of ether oxygens (including phenoxy) is 1. The fourth-order valence-electron chi connectivity index (χ4n) is 2.05. The SMILES string of the molecule is CCNC(=O)c1coc(CN(CC)C(=O)COc2ccc(Cl)cc2)n1. The van der Waals surface area contributed by atoms with Gasteiger partial charge in [-0.15, -0.1) is 0 Å². The molecule has 0 unspecified atom stereocenters. The second kappa shape index (κ2) is 9.08. The molecule has 0 saturated carbocycles. The molecule has 1 aromatic carbocycles. The van der Waals surface area contributed by atoms with Gasteiger partial charge in [0.15, 0.2) is 12.3 Å². The lowest BCUT2D eigenvalue weighted by atomic mass is 10.3. The number of nitrogens with zero attached hydrogens (tertiary/aromatic N) is 2. The van der Waals surface area contributed by atoms with Crippen LogP contribution in [0.5, 0.6) is 5.75 Å². The van der Waals surface area contributed by atoms with Gasteiger partial charge >= 0.3 is 0 Å². The first-order valence-corrected chi connectivity index (χ1v) is 8.30. The lowest BCUT2D eigenvalue weighted by Gasteiger charge is -2.19. The van der Waals surface area contributed by atoms with Gasteiger partial charge in [-0.25, -0.2) is 4.98 Å². The smallest absolute Gasteiger partial charge is 0.273 e. The summed E-state index contributed by atoms with van der Waals surface area (Å²) in [5.41, 5.74) is 0.192. The Kier molecular flexibility index (Phi) is 6.82. The topological polar surface area (TPSA) is 84.7 Å². The second-order valence-corrected chi connectivity index (χ2v) is 5.57. The van der Waals surface area contributed by atoms with Gasteiger partial charge in [0.2, 0.25) is 5.89 Å². The van der Waals surface area contributed by atoms with Gasteiger partial charge < -0.3 is 19.4 Å². The predicted octanol–water partition coefficient (Wildman–Crippen LogP) is 2.51. The minimum Gasteiger partial charge on any atom is -0.484 e. The fourth-order valence-corrected chi connectivity index (χ4v) is 2.17. The molecule has 1 N–H and O–H groups in total. The Balaban J connectivity index is 1.91. The van der Waals surface area contributed by atoms with E-state index in [1.807, 2.05) is 13.8 Å². The van der Waals surface area contributed by atoms with Crippen LogP contribution in [0.3, 0.4) is 0 Å². The Bertz CT molecular complexity index is 715. The third kappa shape index (κ3) is 5.49. The van der Waals surface area contributed by atoms with Crippen LogP contribution < -0.4 is 10.1 Å². The molecular weight excluding hydrogens is 346 g/mol. The number of halogens is 1. The number of carbonyl (C=O) groups is 2. The van der Waals surface area contributed by atoms with Crippen molar-refractivity contribution < 1.29 is 18.7 Å². The number of benzene rings is 1. The summed E-state index contributed by atoms with van der Waals surface area (Å²) in [6.07, 6.45) is 1.28. The summed E-state index contributed by atoms with van der Waals surface area (Å²) in [7, 11) is 0. The first kappa shape index (κ1) is 18.8. The first-order chi connectivity index (χ1) is 12.0. The Morgan fingerprint density at radius 1 is 1.28 bits per heavy atom. The van der Waals surface area contributed by atoms with Crippen LogP contribution in [0, 0.1) is 0 Å². The molecule has 0 bridgehead atoms. The maximum Gasteiger partial charge on any atom is 0.273 e. The summed E-state index contributed by atoms with van der Waals surface area (Å²) in [5, 5.41) is 3.23. The highest BCUT2D eigenvalue weighted by Crippen LogP contribution is 2.15. The van der Waals surface area contributed by atoms with Gasteiger partial charge in [-0.2, -0.15) is 0 Å². The van der Waals surface area contributed by atoms with Crippen molar-refractivity contribution in [2.24, 2.45) is 0 Å². The Hall–Kier alpha value is -2.54. The predicted molar refractivity (Wildman–Crippen MR) is 92.5 cm³/mol. The van der Waals surface area contributed by atoms with Crippen molar-refractivity contribution in [1.82, 2.24) is 15.2 Å². The van der Waals surface area contributed by atoms with Crippen LogP contribution in [0.1, 0.15) is 30.2 Å². The van der Waals surface area contributed by atoms with E-state index < -0.39 is 0 Å². The molecule has 0 atom stereocenters. The van der Waals surface area contributed by atoms with E-state index in [1.54, 1.807) is 24.3 Å². The van der Waals surface area contributed by atoms with Crippen molar-refractivity contribution in [2.45, 2.75) is 20.4 Å². The summed E-state index contributed by atoms with van der Waals surface area (Å²) in [6.45, 7) is 4.67. The summed E-state index contributed by atoms with van der Waals surface area (Å²) < 4.78 is 10.7. The molecule has 0 aliphatic carbocycles. The van der Waals surface area contributed by atoms with E-state index in [2.05, 4.69) is 10.3 Å². The molecule has 0 aliphatic rings. The van der Waals surface area contributed by atoms with Gasteiger partial charge in [0, 0.05) is 18.1 Å². The molecule has 1 aromatic heterocycles. The first-order valence-electron chi connectivity index (χ1n) is 7.92. The van der Waals surface area contributed by atoms with E-state index >= 15 is 0 Å². The van der Waals surface area contributed by atoms with Crippen LogP contribution in [-0.2, 0) is 11.3 Å². The quantitative estimate of drug-likeness (QED) is 0.777. The average Bonchev–Trinajstić information content (AvgIpc) is 3.08. The van der Waals surface area contributed by atoms with Crippen LogP contribution in [0.25, 0.3) is 0 Å². The highest BCUT2D eigenvalue weighted by atomic mass is 35.5. The minimum absolute atomic E-state index is 0.112. The maximum atomic E-state index is 12.3. The molecule has 2 amide bonds. The van der Waals surface area contributed by atoms with Crippen molar-refractivity contribution >= 4 is 23.4 Å². The number of nitrogens with one attached hydrogen (secondary N) is 1. The van der Waals surface area contributed by atoms with Gasteiger partial charge in [0.25, 0.3) is 11.8 Å². The zero-order chi connectivity index (χ0) is 18.2. The highest BCUT2D eigenvalue weighted by molar-refractivity contribution is 6.30. The van der Waals surface area contributed by atoms with Crippen molar-refractivity contribution in [1.29, 1.82) is 0 Å². The largest absolute Gasteiger partial charge is 0.484 e. The molecule has 134 valence electrons. The molecule has 0 spiro atoms. The normalized spacial score (nSPS) is 10.4. The molecule has 8 heteroatoms. The Labute approximate surface area is 150 Å². The zero-order valence-corrected chi connectivity index (χ0v) is 14.9. The van der Waals surface area contributed by atoms with Gasteiger partial charge in [0.1, 0.15) is 12.0 Å². The number of likely N-dealkylation sites (N-methyl/N-ethyl adjacent to an activating group) is 1. The third-order valence-electron chi connectivity index (χ3n) is 3.36. The molecule has 1 heterocycles. The number of hydrogen-bond acceptors (Lipinski definition) is 5. The summed E-state index contributed by atoms with van der Waals surface area (Å²) in [5.74, 6) is 0.333. The molecule has 2 aromatic rings. The summed E-state index contributed by atoms with van der Waals surface area (Å²) >= 11 is 5.80. The van der Waals surface area contributed by atoms with Gasteiger partial charge in [0.05, 0.1) is 6.54 Å². The van der Waals surface area contributed by atoms with Gasteiger partial charge in [-0.1, -0.05) is 11.6 Å². The molecular formula is C17H20ClN3O4. The van der Waals surface area contributed by atoms with E-state index in [0.717, 1.165) is 0 Å². The van der Waals surface area contributed by atoms with Crippen LogP contribution in [0.2, 0.25) is 5.02 Å². The summed E-state index contributed by atoms with van der Waals surface area (Å²) in [6, 6.07) is 6.76. The zero-order valence-electron chi connectivity index (χ0n) is 14.1. The Morgan fingerprint density at radius 2 is 2.00 bits per heavy atom. The molecule has 25 heavy (non-hydrogen) atoms. The number of amides is 2. The van der Waals surface area contributed by atoms with E-state index in [9.17, 15) is 9.59 Å². The van der Waals surface area contributed by atoms with Crippen molar-refractivity contribution in [3.8, 4) is 5.75 Å². The maximum absolute atomic E-state index is 12.3. The van der Waals surface area contributed by atoms with Crippen molar-refractivity contribution in [3.05, 3.63) is 47.1 Å². The third-order valence-corrected chi connectivity index (χ3v) is 3.61. The number of hydrogen-bond donors (Lipinski definition) is 1. The minimum atomic E-state index is -0.307. The summed E-state index contributed by atoms with van der Waals surface area (Å²) in [4.78, 5) is 29.6. The second-order valence-electron chi connectivity index (χ2n) is 5.14. The average molecular weight is 366 g/mol. The highest BCUT2D eigenvalue weighted by Gasteiger charge is 2.17. The number of aromatic nitrogens is 1. The Morgan fingerprint density at radius 3 is 2.64 bits per heavy atom. The molecule has 2 rings (SSSR count). The van der Waals surface area contributed by atoms with E-state index in [1.165, 1.54) is 11.2 Å². The lowest BCUT2D eigenvalue weighted by Crippen LogP contribution is -2.34. The molecule has 0 aliphatic heterocycles. The lowest BCUT2D eigenvalue weighted by molar-refractivity contribution is -0.134.